The molecule has 0 radical (unpaired) electrons. The van der Waals surface area contributed by atoms with Crippen LogP contribution in [0.15, 0.2) is 24.9 Å². The number of aromatic nitrogens is 1. The van der Waals surface area contributed by atoms with Crippen LogP contribution in [0.5, 0.6) is 0 Å². The number of rotatable bonds is 5. The van der Waals surface area contributed by atoms with Gasteiger partial charge in [-0.05, 0) is 25.3 Å². The fourth-order valence-electron chi connectivity index (χ4n) is 1.72. The first-order chi connectivity index (χ1) is 7.72. The number of carbonyl (C=O) groups is 1. The molecule has 2 rings (SSSR count). The number of hydrogen-bond donors (Lipinski definition) is 2. The van der Waals surface area contributed by atoms with E-state index in [0.717, 1.165) is 19.3 Å². The Hall–Kier alpha value is -1.71. The molecule has 1 aromatic heterocycles. The minimum Gasteiger partial charge on any atom is -0.397 e. The summed E-state index contributed by atoms with van der Waals surface area (Å²) in [6.07, 6.45) is 6.70. The van der Waals surface area contributed by atoms with E-state index in [0.29, 0.717) is 24.0 Å². The third-order valence-electron chi connectivity index (χ3n) is 2.68. The van der Waals surface area contributed by atoms with Gasteiger partial charge < -0.3 is 15.6 Å². The van der Waals surface area contributed by atoms with Gasteiger partial charge in [-0.1, -0.05) is 6.08 Å². The molecule has 3 N–H and O–H groups in total. The Morgan fingerprint density at radius 3 is 3.06 bits per heavy atom. The van der Waals surface area contributed by atoms with Gasteiger partial charge >= 0.3 is 0 Å². The Kier molecular flexibility index (Phi) is 2.99. The van der Waals surface area contributed by atoms with Crippen LogP contribution in [0.25, 0.3) is 0 Å². The van der Waals surface area contributed by atoms with Crippen LogP contribution in [-0.2, 0) is 0 Å². The van der Waals surface area contributed by atoms with Crippen LogP contribution in [0.2, 0.25) is 0 Å². The molecule has 1 aromatic rings. The maximum atomic E-state index is 11.9. The van der Waals surface area contributed by atoms with E-state index >= 15 is 0 Å². The number of carbonyl (C=O) groups excluding carboxylic acids is 1. The molecule has 1 amide bonds. The largest absolute Gasteiger partial charge is 0.397 e. The van der Waals surface area contributed by atoms with E-state index < -0.39 is 0 Å². The van der Waals surface area contributed by atoms with Crippen LogP contribution in [-0.4, -0.2) is 17.0 Å². The SMILES string of the molecule is C=CCCNC(=O)c1cc(N)cn1C1CC1. The molecule has 0 aromatic carbocycles. The summed E-state index contributed by atoms with van der Waals surface area (Å²) < 4.78 is 1.98. The van der Waals surface area contributed by atoms with Crippen molar-refractivity contribution < 1.29 is 4.79 Å². The number of anilines is 1. The lowest BCUT2D eigenvalue weighted by Gasteiger charge is -2.07. The molecule has 86 valence electrons. The minimum atomic E-state index is -0.0505. The van der Waals surface area contributed by atoms with Gasteiger partial charge in [0.05, 0.1) is 5.69 Å². The zero-order valence-electron chi connectivity index (χ0n) is 9.28. The fraction of sp³-hybridized carbons (Fsp3) is 0.417. The maximum Gasteiger partial charge on any atom is 0.268 e. The summed E-state index contributed by atoms with van der Waals surface area (Å²) in [6.45, 7) is 4.24. The van der Waals surface area contributed by atoms with E-state index in [-0.39, 0.29) is 5.91 Å². The van der Waals surface area contributed by atoms with Gasteiger partial charge in [-0.25, -0.2) is 0 Å². The van der Waals surface area contributed by atoms with E-state index in [9.17, 15) is 4.79 Å². The first kappa shape index (κ1) is 10.8. The standard InChI is InChI=1S/C12H17N3O/c1-2-3-6-14-12(16)11-7-9(13)8-15(11)10-4-5-10/h2,7-8,10H,1,3-6,13H2,(H,14,16). The van der Waals surface area contributed by atoms with Crippen molar-refractivity contribution in [2.75, 3.05) is 12.3 Å². The average molecular weight is 219 g/mol. The molecule has 4 nitrogen and oxygen atoms in total. The number of amides is 1. The molecule has 4 heteroatoms. The smallest absolute Gasteiger partial charge is 0.268 e. The summed E-state index contributed by atoms with van der Waals surface area (Å²) in [5.74, 6) is -0.0505. The van der Waals surface area contributed by atoms with Gasteiger partial charge in [0.25, 0.3) is 5.91 Å². The Morgan fingerprint density at radius 1 is 1.69 bits per heavy atom. The summed E-state index contributed by atoms with van der Waals surface area (Å²) in [4.78, 5) is 11.9. The lowest BCUT2D eigenvalue weighted by Crippen LogP contribution is -2.26. The van der Waals surface area contributed by atoms with Crippen LogP contribution in [0.1, 0.15) is 35.8 Å². The van der Waals surface area contributed by atoms with Crippen molar-refractivity contribution >= 4 is 11.6 Å². The molecular formula is C12H17N3O. The molecular weight excluding hydrogens is 202 g/mol. The maximum absolute atomic E-state index is 11.9. The van der Waals surface area contributed by atoms with Gasteiger partial charge in [0, 0.05) is 18.8 Å². The third kappa shape index (κ3) is 2.27. The molecule has 16 heavy (non-hydrogen) atoms. The van der Waals surface area contributed by atoms with E-state index in [1.807, 2.05) is 10.8 Å². The molecule has 1 fully saturated rings. The van der Waals surface area contributed by atoms with Crippen molar-refractivity contribution in [2.45, 2.75) is 25.3 Å². The molecule has 0 unspecified atom stereocenters. The van der Waals surface area contributed by atoms with Crippen LogP contribution < -0.4 is 11.1 Å². The van der Waals surface area contributed by atoms with Gasteiger partial charge in [0.1, 0.15) is 5.69 Å². The highest BCUT2D eigenvalue weighted by Crippen LogP contribution is 2.37. The monoisotopic (exact) mass is 219 g/mol. The van der Waals surface area contributed by atoms with Crippen molar-refractivity contribution in [3.8, 4) is 0 Å². The van der Waals surface area contributed by atoms with E-state index in [2.05, 4.69) is 11.9 Å². The lowest BCUT2D eigenvalue weighted by atomic mass is 10.3. The molecule has 0 spiro atoms. The number of nitrogens with zero attached hydrogens (tertiary/aromatic N) is 1. The lowest BCUT2D eigenvalue weighted by molar-refractivity contribution is 0.0945. The van der Waals surface area contributed by atoms with Crippen molar-refractivity contribution in [1.29, 1.82) is 0 Å². The zero-order valence-corrected chi connectivity index (χ0v) is 9.28. The Bertz CT molecular complexity index is 404. The quantitative estimate of drug-likeness (QED) is 0.585. The molecule has 1 aliphatic rings. The molecule has 0 saturated heterocycles. The highest BCUT2D eigenvalue weighted by molar-refractivity contribution is 5.93. The van der Waals surface area contributed by atoms with Gasteiger partial charge in [0.2, 0.25) is 0 Å². The summed E-state index contributed by atoms with van der Waals surface area (Å²) >= 11 is 0. The molecule has 1 aliphatic carbocycles. The highest BCUT2D eigenvalue weighted by atomic mass is 16.1. The second-order valence-corrected chi connectivity index (χ2v) is 4.13. The Labute approximate surface area is 95.1 Å². The molecule has 1 heterocycles. The predicted molar refractivity (Wildman–Crippen MR) is 64.3 cm³/mol. The zero-order chi connectivity index (χ0) is 11.5. The van der Waals surface area contributed by atoms with E-state index in [1.165, 1.54) is 0 Å². The third-order valence-corrected chi connectivity index (χ3v) is 2.68. The van der Waals surface area contributed by atoms with Gasteiger partial charge in [-0.2, -0.15) is 0 Å². The first-order valence-corrected chi connectivity index (χ1v) is 5.59. The number of nitrogen functional groups attached to an aromatic ring is 1. The fourth-order valence-corrected chi connectivity index (χ4v) is 1.72. The van der Waals surface area contributed by atoms with Crippen molar-refractivity contribution in [2.24, 2.45) is 0 Å². The predicted octanol–water partition coefficient (Wildman–Crippen LogP) is 1.71. The van der Waals surface area contributed by atoms with Crippen LogP contribution in [0.3, 0.4) is 0 Å². The minimum absolute atomic E-state index is 0.0505. The number of hydrogen-bond acceptors (Lipinski definition) is 2. The Morgan fingerprint density at radius 2 is 2.44 bits per heavy atom. The first-order valence-electron chi connectivity index (χ1n) is 5.59. The second-order valence-electron chi connectivity index (χ2n) is 4.13. The number of nitrogens with one attached hydrogen (secondary N) is 1. The molecule has 0 bridgehead atoms. The molecule has 0 atom stereocenters. The Balaban J connectivity index is 2.06. The van der Waals surface area contributed by atoms with Crippen molar-refractivity contribution in [3.05, 3.63) is 30.6 Å². The van der Waals surface area contributed by atoms with Gasteiger partial charge in [0.15, 0.2) is 0 Å². The van der Waals surface area contributed by atoms with Crippen molar-refractivity contribution in [3.63, 3.8) is 0 Å². The highest BCUT2D eigenvalue weighted by Gasteiger charge is 2.27. The van der Waals surface area contributed by atoms with Gasteiger partial charge in [-0.15, -0.1) is 6.58 Å². The van der Waals surface area contributed by atoms with E-state index in [4.69, 9.17) is 5.73 Å². The average Bonchev–Trinajstić information content (AvgIpc) is 3.02. The molecule has 1 saturated carbocycles. The topological polar surface area (TPSA) is 60.1 Å². The van der Waals surface area contributed by atoms with Crippen LogP contribution in [0, 0.1) is 0 Å². The number of nitrogens with two attached hydrogens (primary N) is 1. The van der Waals surface area contributed by atoms with E-state index in [1.54, 1.807) is 12.1 Å². The summed E-state index contributed by atoms with van der Waals surface area (Å²) in [7, 11) is 0. The normalized spacial score (nSPS) is 14.8. The van der Waals surface area contributed by atoms with Crippen LogP contribution in [0.4, 0.5) is 5.69 Å². The summed E-state index contributed by atoms with van der Waals surface area (Å²) in [5, 5.41) is 2.85. The van der Waals surface area contributed by atoms with Crippen LogP contribution >= 0.6 is 0 Å². The van der Waals surface area contributed by atoms with Crippen molar-refractivity contribution in [1.82, 2.24) is 9.88 Å². The second kappa shape index (κ2) is 4.43. The molecule has 0 aliphatic heterocycles. The summed E-state index contributed by atoms with van der Waals surface area (Å²) in [5.41, 5.74) is 7.04. The van der Waals surface area contributed by atoms with Gasteiger partial charge in [-0.3, -0.25) is 4.79 Å². The summed E-state index contributed by atoms with van der Waals surface area (Å²) in [6, 6.07) is 2.21.